The zero-order chi connectivity index (χ0) is 20.7. The molecule has 0 atom stereocenters. The minimum atomic E-state index is -0.396. The van der Waals surface area contributed by atoms with Gasteiger partial charge in [0.2, 0.25) is 0 Å². The molecule has 1 aliphatic heterocycles. The third-order valence-electron chi connectivity index (χ3n) is 5.32. The maximum atomic E-state index is 14.7. The number of benzene rings is 2. The van der Waals surface area contributed by atoms with Crippen LogP contribution in [-0.2, 0) is 13.0 Å². The van der Waals surface area contributed by atoms with Crippen molar-refractivity contribution >= 4 is 44.6 Å². The summed E-state index contributed by atoms with van der Waals surface area (Å²) in [4.78, 5) is 13.3. The molecule has 0 radical (unpaired) electrons. The van der Waals surface area contributed by atoms with Gasteiger partial charge in [-0.05, 0) is 37.1 Å². The van der Waals surface area contributed by atoms with E-state index in [1.54, 1.807) is 6.07 Å². The first-order chi connectivity index (χ1) is 14.6. The number of anilines is 1. The van der Waals surface area contributed by atoms with Gasteiger partial charge < -0.3 is 9.88 Å². The molecule has 0 unspecified atom stereocenters. The van der Waals surface area contributed by atoms with Crippen molar-refractivity contribution < 1.29 is 9.18 Å². The van der Waals surface area contributed by atoms with Crippen LogP contribution in [0.4, 0.5) is 10.1 Å². The smallest absolute Gasteiger partial charge is 0.267 e. The van der Waals surface area contributed by atoms with Gasteiger partial charge in [0.25, 0.3) is 5.91 Å². The fraction of sp³-hybridized carbons (Fsp3) is 0.227. The van der Waals surface area contributed by atoms with Crippen LogP contribution < -0.4 is 5.32 Å². The molecule has 2 aromatic heterocycles. The molecule has 1 aliphatic rings. The van der Waals surface area contributed by atoms with Gasteiger partial charge in [-0.3, -0.25) is 4.79 Å². The first-order valence-corrected chi connectivity index (χ1v) is 11.0. The summed E-state index contributed by atoms with van der Waals surface area (Å²) in [5, 5.41) is 12.6. The van der Waals surface area contributed by atoms with Crippen molar-refractivity contribution in [2.75, 3.05) is 5.32 Å². The highest BCUT2D eigenvalue weighted by Crippen LogP contribution is 2.36. The maximum Gasteiger partial charge on any atom is 0.267 e. The van der Waals surface area contributed by atoms with Gasteiger partial charge >= 0.3 is 0 Å². The molecule has 0 saturated heterocycles. The number of aryl methyl sites for hydroxylation is 1. The second-order valence-electron chi connectivity index (χ2n) is 7.29. The van der Waals surface area contributed by atoms with Crippen molar-refractivity contribution in [3.05, 3.63) is 64.0 Å². The van der Waals surface area contributed by atoms with Crippen LogP contribution in [0.15, 0.2) is 42.5 Å². The predicted octanol–water partition coefficient (Wildman–Crippen LogP) is 5.93. The van der Waals surface area contributed by atoms with Crippen LogP contribution in [0.25, 0.3) is 21.5 Å². The highest BCUT2D eigenvalue weighted by Gasteiger charge is 2.21. The van der Waals surface area contributed by atoms with E-state index in [2.05, 4.69) is 15.5 Å². The fourth-order valence-corrected chi connectivity index (χ4v) is 5.22. The topological polar surface area (TPSA) is 59.8 Å². The number of hydrogen-bond donors (Lipinski definition) is 1. The van der Waals surface area contributed by atoms with Crippen LogP contribution in [0.5, 0.6) is 0 Å². The van der Waals surface area contributed by atoms with Gasteiger partial charge in [-0.25, -0.2) is 4.39 Å². The van der Waals surface area contributed by atoms with Crippen LogP contribution in [0.2, 0.25) is 5.02 Å². The van der Waals surface area contributed by atoms with Gasteiger partial charge in [-0.15, -0.1) is 21.5 Å². The number of halogens is 2. The molecule has 0 spiro atoms. The quantitative estimate of drug-likeness (QED) is 0.429. The molecular weight excluding hydrogens is 423 g/mol. The molecule has 0 saturated carbocycles. The number of nitrogens with zero attached hydrogens (tertiary/aromatic N) is 3. The molecule has 0 fully saturated rings. The van der Waals surface area contributed by atoms with E-state index >= 15 is 0 Å². The Balaban J connectivity index is 1.47. The van der Waals surface area contributed by atoms with E-state index < -0.39 is 5.82 Å². The van der Waals surface area contributed by atoms with Crippen molar-refractivity contribution in [1.82, 2.24) is 14.8 Å². The number of carbonyl (C=O) groups excluding carboxylic acids is 1. The summed E-state index contributed by atoms with van der Waals surface area (Å²) in [5.41, 5.74) is 0.812. The molecular formula is C22H18ClFN4OS. The highest BCUT2D eigenvalue weighted by atomic mass is 35.5. The molecule has 5 nitrogen and oxygen atoms in total. The number of amides is 1. The van der Waals surface area contributed by atoms with Crippen LogP contribution in [-0.4, -0.2) is 20.7 Å². The number of aromatic nitrogens is 3. The summed E-state index contributed by atoms with van der Waals surface area (Å²) in [5.74, 6) is 0.667. The van der Waals surface area contributed by atoms with Crippen molar-refractivity contribution in [1.29, 1.82) is 0 Å². The highest BCUT2D eigenvalue weighted by molar-refractivity contribution is 7.21. The Morgan fingerprint density at radius 2 is 2.00 bits per heavy atom. The summed E-state index contributed by atoms with van der Waals surface area (Å²) < 4.78 is 17.6. The number of thiophene rings is 1. The van der Waals surface area contributed by atoms with Gasteiger partial charge in [0.1, 0.15) is 16.5 Å². The lowest BCUT2D eigenvalue weighted by Crippen LogP contribution is -2.11. The standard InChI is InChI=1S/C22H18ClFN4OS/c23-19-14-6-3-4-7-17(14)30-20(19)22(29)25-13-9-10-16(24)15(12-13)21-27-26-18-8-2-1-5-11-28(18)21/h3-4,6-7,9-10,12H,1-2,5,8,11H2,(H,25,29). The Bertz CT molecular complexity index is 1270. The average Bonchev–Trinajstić information content (AvgIpc) is 3.21. The van der Waals surface area contributed by atoms with Crippen LogP contribution in [0, 0.1) is 5.82 Å². The minimum Gasteiger partial charge on any atom is -0.321 e. The van der Waals surface area contributed by atoms with Crippen LogP contribution >= 0.6 is 22.9 Å². The SMILES string of the molecule is O=C(Nc1ccc(F)c(-c2nnc3n2CCCCC3)c1)c1sc2ccccc2c1Cl. The number of rotatable bonds is 3. The molecule has 0 bridgehead atoms. The molecule has 30 heavy (non-hydrogen) atoms. The Morgan fingerprint density at radius 3 is 2.87 bits per heavy atom. The first kappa shape index (κ1) is 19.2. The van der Waals surface area contributed by atoms with Crippen LogP contribution in [0.1, 0.15) is 34.8 Å². The second kappa shape index (κ2) is 7.81. The van der Waals surface area contributed by atoms with E-state index in [0.717, 1.165) is 48.1 Å². The van der Waals surface area contributed by atoms with E-state index in [1.165, 1.54) is 23.5 Å². The molecule has 3 heterocycles. The first-order valence-electron chi connectivity index (χ1n) is 9.82. The lowest BCUT2D eigenvalue weighted by Gasteiger charge is -2.10. The van der Waals surface area contributed by atoms with E-state index in [1.807, 2.05) is 28.8 Å². The summed E-state index contributed by atoms with van der Waals surface area (Å²) in [6.07, 6.45) is 4.04. The molecule has 4 aromatic rings. The van der Waals surface area contributed by atoms with Gasteiger partial charge in [0, 0.05) is 28.7 Å². The van der Waals surface area contributed by atoms with Crippen molar-refractivity contribution in [2.24, 2.45) is 0 Å². The monoisotopic (exact) mass is 440 g/mol. The van der Waals surface area contributed by atoms with Gasteiger partial charge in [-0.2, -0.15) is 0 Å². The fourth-order valence-electron chi connectivity index (χ4n) is 3.81. The maximum absolute atomic E-state index is 14.7. The molecule has 8 heteroatoms. The van der Waals surface area contributed by atoms with Crippen molar-refractivity contribution in [2.45, 2.75) is 32.2 Å². The van der Waals surface area contributed by atoms with Gasteiger partial charge in [-0.1, -0.05) is 36.2 Å². The summed E-state index contributed by atoms with van der Waals surface area (Å²) >= 11 is 7.75. The summed E-state index contributed by atoms with van der Waals surface area (Å²) in [6, 6.07) is 12.1. The largest absolute Gasteiger partial charge is 0.321 e. The predicted molar refractivity (Wildman–Crippen MR) is 118 cm³/mol. The van der Waals surface area contributed by atoms with E-state index in [9.17, 15) is 9.18 Å². The van der Waals surface area contributed by atoms with Crippen molar-refractivity contribution in [3.63, 3.8) is 0 Å². The molecule has 0 aliphatic carbocycles. The summed E-state index contributed by atoms with van der Waals surface area (Å²) in [6.45, 7) is 0.769. The number of nitrogens with one attached hydrogen (secondary N) is 1. The van der Waals surface area contributed by atoms with E-state index in [-0.39, 0.29) is 5.91 Å². The molecule has 2 aromatic carbocycles. The number of carbonyl (C=O) groups is 1. The van der Waals surface area contributed by atoms with Crippen molar-refractivity contribution in [3.8, 4) is 11.4 Å². The second-order valence-corrected chi connectivity index (χ2v) is 8.72. The minimum absolute atomic E-state index is 0.321. The number of fused-ring (bicyclic) bond motifs is 2. The molecule has 152 valence electrons. The number of hydrogen-bond acceptors (Lipinski definition) is 4. The van der Waals surface area contributed by atoms with Crippen LogP contribution in [0.3, 0.4) is 0 Å². The summed E-state index contributed by atoms with van der Waals surface area (Å²) in [7, 11) is 0. The Labute approximate surface area is 181 Å². The lowest BCUT2D eigenvalue weighted by molar-refractivity contribution is 0.103. The Kier molecular flexibility index (Phi) is 5.00. The third-order valence-corrected chi connectivity index (χ3v) is 6.99. The normalized spacial score (nSPS) is 13.8. The van der Waals surface area contributed by atoms with E-state index in [0.29, 0.717) is 27.0 Å². The van der Waals surface area contributed by atoms with E-state index in [4.69, 9.17) is 11.6 Å². The zero-order valence-electron chi connectivity index (χ0n) is 16.0. The van der Waals surface area contributed by atoms with Gasteiger partial charge in [0.15, 0.2) is 5.82 Å². The zero-order valence-corrected chi connectivity index (χ0v) is 17.6. The average molecular weight is 441 g/mol. The Morgan fingerprint density at radius 1 is 1.13 bits per heavy atom. The molecule has 5 rings (SSSR count). The molecule has 1 N–H and O–H groups in total. The van der Waals surface area contributed by atoms with Gasteiger partial charge in [0.05, 0.1) is 10.6 Å². The Hall–Kier alpha value is -2.77. The molecule has 1 amide bonds. The lowest BCUT2D eigenvalue weighted by atomic mass is 10.1. The third kappa shape index (κ3) is 3.38.